The largest absolute Gasteiger partial charge is 4.00 e. The van der Waals surface area contributed by atoms with E-state index in [0.29, 0.717) is 0 Å². The molecule has 0 bridgehead atoms. The van der Waals surface area contributed by atoms with E-state index in [2.05, 4.69) is 0 Å². The number of hydrogen-bond donors (Lipinski definition) is 4. The summed E-state index contributed by atoms with van der Waals surface area (Å²) >= 11 is 0. The maximum atomic E-state index is 10.1. The third kappa shape index (κ3) is 32.6. The van der Waals surface area contributed by atoms with Crippen LogP contribution < -0.4 is 61.3 Å². The van der Waals surface area contributed by atoms with Crippen LogP contribution in [0.25, 0.3) is 0 Å². The normalized spacial score (nSPS) is 10.3. The summed E-state index contributed by atoms with van der Waals surface area (Å²) in [6.07, 6.45) is -10.9. The van der Waals surface area contributed by atoms with Gasteiger partial charge in [0.05, 0.1) is 23.9 Å². The van der Waals surface area contributed by atoms with E-state index in [9.17, 15) is 119 Å². The number of carboxylic acids is 12. The number of carbonyl (C=O) groups is 12. The standard InChI is InChI=1S/4C6H8O7.3U/c4*7-3(8)1-6(13,5(11)12)2-4(9)10;;;/h4*13H,1-2H2,(H,7,8)(H,9,10)(H,11,12);;;/q;;;;3*+4/p-12. The molecule has 0 heterocycles. The van der Waals surface area contributed by atoms with Crippen LogP contribution >= 0.6 is 0 Å². The maximum absolute atomic E-state index is 10.1. The van der Waals surface area contributed by atoms with Gasteiger partial charge in [-0.1, -0.05) is 0 Å². The van der Waals surface area contributed by atoms with E-state index in [1.165, 1.54) is 0 Å². The summed E-state index contributed by atoms with van der Waals surface area (Å²) in [6, 6.07) is 0. The second-order valence-electron chi connectivity index (χ2n) is 9.67. The molecule has 0 radical (unpaired) electrons. The van der Waals surface area contributed by atoms with Crippen molar-refractivity contribution in [3.8, 4) is 0 Å². The summed E-state index contributed by atoms with van der Waals surface area (Å²) in [4.78, 5) is 120. The number of aliphatic carboxylic acids is 12. The monoisotopic (exact) mass is 1470 g/mol. The smallest absolute Gasteiger partial charge is 0.550 e. The minimum absolute atomic E-state index is 0. The van der Waals surface area contributed by atoms with Crippen LogP contribution in [-0.4, -0.2) is 114 Å². The molecule has 4 N–H and O–H groups in total. The third-order valence-corrected chi connectivity index (χ3v) is 5.01. The van der Waals surface area contributed by atoms with Crippen LogP contribution in [0.4, 0.5) is 0 Å². The molecule has 296 valence electrons. The first-order chi connectivity index (χ1) is 23.1. The Morgan fingerprint density at radius 1 is 0.255 bits per heavy atom. The van der Waals surface area contributed by atoms with Crippen molar-refractivity contribution in [2.45, 2.75) is 73.8 Å². The Morgan fingerprint density at radius 3 is 0.364 bits per heavy atom. The van der Waals surface area contributed by atoms with Crippen LogP contribution in [0, 0.1) is 93.3 Å². The molecule has 31 heteroatoms. The molecule has 0 saturated carbocycles. The van der Waals surface area contributed by atoms with Crippen molar-refractivity contribution < 1.29 is 233 Å². The number of aliphatic hydroxyl groups is 4. The Hall–Kier alpha value is -3.36. The van der Waals surface area contributed by atoms with Crippen LogP contribution in [0.2, 0.25) is 0 Å². The van der Waals surface area contributed by atoms with Gasteiger partial charge in [0, 0.05) is 99.1 Å². The predicted octanol–water partition coefficient (Wildman–Crippen LogP) is -21.0. The van der Waals surface area contributed by atoms with Crippen LogP contribution in [0.5, 0.6) is 0 Å². The average molecular weight is 1470 g/mol. The van der Waals surface area contributed by atoms with E-state index in [-0.39, 0.29) is 93.3 Å². The van der Waals surface area contributed by atoms with Crippen LogP contribution in [0.3, 0.4) is 0 Å². The maximum Gasteiger partial charge on any atom is 4.00 e. The van der Waals surface area contributed by atoms with E-state index < -0.39 is 145 Å². The van der Waals surface area contributed by atoms with Gasteiger partial charge in [0.2, 0.25) is 0 Å². The summed E-state index contributed by atoms with van der Waals surface area (Å²) < 4.78 is 0. The van der Waals surface area contributed by atoms with E-state index in [1.54, 1.807) is 0 Å². The van der Waals surface area contributed by atoms with Crippen LogP contribution in [0.15, 0.2) is 0 Å². The van der Waals surface area contributed by atoms with Crippen molar-refractivity contribution in [1.29, 1.82) is 0 Å². The fourth-order valence-corrected chi connectivity index (χ4v) is 2.74. The summed E-state index contributed by atoms with van der Waals surface area (Å²) in [7, 11) is 0. The Bertz CT molecular complexity index is 1130. The minimum Gasteiger partial charge on any atom is -0.550 e. The van der Waals surface area contributed by atoms with Gasteiger partial charge in [-0.15, -0.1) is 0 Å². The summed E-state index contributed by atoms with van der Waals surface area (Å²) in [5.41, 5.74) is -11.9. The van der Waals surface area contributed by atoms with Gasteiger partial charge in [-0.3, -0.25) is 0 Å². The number of carboxylic acid groups (broad SMARTS) is 12. The zero-order valence-electron chi connectivity index (χ0n) is 26.7. The predicted molar refractivity (Wildman–Crippen MR) is 117 cm³/mol. The van der Waals surface area contributed by atoms with E-state index >= 15 is 0 Å². The quantitative estimate of drug-likeness (QED) is 0.0879. The molecular weight excluding hydrogens is 1450 g/mol. The van der Waals surface area contributed by atoms with Crippen LogP contribution in [0.1, 0.15) is 51.4 Å². The van der Waals surface area contributed by atoms with Gasteiger partial charge >= 0.3 is 93.3 Å². The number of rotatable bonds is 20. The second-order valence-corrected chi connectivity index (χ2v) is 9.67. The molecule has 55 heavy (non-hydrogen) atoms. The number of hydrogen-bond acceptors (Lipinski definition) is 28. The van der Waals surface area contributed by atoms with Gasteiger partial charge in [0.15, 0.2) is 0 Å². The molecular formula is C24H20O28U3. The molecule has 0 saturated heterocycles. The van der Waals surface area contributed by atoms with Gasteiger partial charge < -0.3 is 139 Å². The Kier molecular flexibility index (Phi) is 36.1. The van der Waals surface area contributed by atoms with Crippen LogP contribution in [-0.2, 0) is 57.5 Å². The molecule has 0 aliphatic carbocycles. The average Bonchev–Trinajstić information content (AvgIpc) is 2.85. The van der Waals surface area contributed by atoms with Crippen molar-refractivity contribution >= 4 is 71.6 Å². The second kappa shape index (κ2) is 29.9. The molecule has 0 spiro atoms. The molecule has 0 fully saturated rings. The van der Waals surface area contributed by atoms with Crippen molar-refractivity contribution in [2.24, 2.45) is 0 Å². The first-order valence-corrected chi connectivity index (χ1v) is 12.5. The topological polar surface area (TPSA) is 562 Å². The van der Waals surface area contributed by atoms with Gasteiger partial charge in [0.25, 0.3) is 0 Å². The summed E-state index contributed by atoms with van der Waals surface area (Å²) in [6.45, 7) is 0. The van der Waals surface area contributed by atoms with Crippen molar-refractivity contribution in [2.75, 3.05) is 0 Å². The molecule has 0 aliphatic heterocycles. The van der Waals surface area contributed by atoms with Crippen molar-refractivity contribution in [3.63, 3.8) is 0 Å². The molecule has 0 aliphatic rings. The van der Waals surface area contributed by atoms with E-state index in [4.69, 9.17) is 20.4 Å². The minimum atomic E-state index is -2.97. The summed E-state index contributed by atoms with van der Waals surface area (Å²) in [5, 5.41) is 156. The Balaban J connectivity index is -0.000000110. The SMILES string of the molecule is O=C([O-])CC(O)(CC(=O)[O-])C(=O)[O-].O=C([O-])CC(O)(CC(=O)[O-])C(=O)[O-].O=C([O-])CC(O)(CC(=O)[O-])C(=O)[O-].O=C([O-])CC(O)(CC(=O)[O-])C(=O)[O-].[U+4].[U+4].[U+4]. The Morgan fingerprint density at radius 2 is 0.327 bits per heavy atom. The van der Waals surface area contributed by atoms with Crippen molar-refractivity contribution in [3.05, 3.63) is 0 Å². The van der Waals surface area contributed by atoms with Gasteiger partial charge in [-0.25, -0.2) is 0 Å². The van der Waals surface area contributed by atoms with Gasteiger partial charge in [-0.2, -0.15) is 0 Å². The molecule has 0 amide bonds. The fourth-order valence-electron chi connectivity index (χ4n) is 2.74. The van der Waals surface area contributed by atoms with Gasteiger partial charge in [-0.05, 0) is 0 Å². The fraction of sp³-hybridized carbons (Fsp3) is 0.500. The first-order valence-electron chi connectivity index (χ1n) is 12.5. The van der Waals surface area contributed by atoms with Crippen molar-refractivity contribution in [1.82, 2.24) is 0 Å². The molecule has 0 atom stereocenters. The molecule has 0 rings (SSSR count). The Labute approximate surface area is 374 Å². The number of carbonyl (C=O) groups excluding carboxylic acids is 12. The molecule has 0 aromatic rings. The van der Waals surface area contributed by atoms with Gasteiger partial charge in [0.1, 0.15) is 22.4 Å². The molecule has 0 aromatic carbocycles. The molecule has 28 nitrogen and oxygen atoms in total. The summed E-state index contributed by atoms with van der Waals surface area (Å²) in [5.74, 6) is -23.9. The zero-order valence-corrected chi connectivity index (χ0v) is 39.2. The molecule has 0 aromatic heterocycles. The third-order valence-electron chi connectivity index (χ3n) is 5.01. The first kappa shape index (κ1) is 66.5. The zero-order chi connectivity index (χ0) is 42.6. The van der Waals surface area contributed by atoms with E-state index in [0.717, 1.165) is 0 Å². The van der Waals surface area contributed by atoms with E-state index in [1.807, 2.05) is 0 Å². The molecule has 0 unspecified atom stereocenters.